The van der Waals surface area contributed by atoms with Gasteiger partial charge in [0.1, 0.15) is 0 Å². The molecule has 0 heterocycles. The molecule has 1 N–H and O–H groups in total. The van der Waals surface area contributed by atoms with Crippen LogP contribution in [0.15, 0.2) is 17.0 Å². The fraction of sp³-hybridized carbons (Fsp3) is 0.250. The van der Waals surface area contributed by atoms with Crippen molar-refractivity contribution in [2.24, 2.45) is 0 Å². The maximum atomic E-state index is 10.9. The Bertz CT molecular complexity index is 437. The molecule has 0 spiro atoms. The Balaban J connectivity index is 3.56. The zero-order valence-corrected chi connectivity index (χ0v) is 10.6. The summed E-state index contributed by atoms with van der Waals surface area (Å²) in [6, 6.07) is 3.47. The van der Waals surface area contributed by atoms with E-state index in [1.165, 1.54) is 6.07 Å². The van der Waals surface area contributed by atoms with Crippen LogP contribution in [-0.4, -0.2) is 40.9 Å². The van der Waals surface area contributed by atoms with Crippen LogP contribution < -0.4 is 2.81 Å². The Morgan fingerprint density at radius 1 is 1.31 bits per heavy atom. The molecule has 0 atom stereocenters. The van der Waals surface area contributed by atoms with Gasteiger partial charge in [-0.15, -0.1) is 0 Å². The fourth-order valence-electron chi connectivity index (χ4n) is 1.27. The number of rotatable bonds is 1. The van der Waals surface area contributed by atoms with Crippen LogP contribution in [0.25, 0.3) is 0 Å². The van der Waals surface area contributed by atoms with Gasteiger partial charge in [-0.3, -0.25) is 0 Å². The van der Waals surface area contributed by atoms with E-state index in [2.05, 4.69) is 0 Å². The van der Waals surface area contributed by atoms with Gasteiger partial charge in [-0.25, -0.2) is 0 Å². The molecular formula is C8H9NaO3S. The van der Waals surface area contributed by atoms with Crippen LogP contribution in [0.2, 0.25) is 0 Å². The topological polar surface area (TPSA) is 54.4 Å². The molecule has 0 aliphatic heterocycles. The van der Waals surface area contributed by atoms with Crippen molar-refractivity contribution in [3.05, 3.63) is 23.3 Å². The van der Waals surface area contributed by atoms with Gasteiger partial charge in [-0.05, 0) is 0 Å². The average molecular weight is 208 g/mol. The number of hydrogen-bond donors (Lipinski definition) is 1. The van der Waals surface area contributed by atoms with Crippen molar-refractivity contribution < 1.29 is 13.0 Å². The first-order chi connectivity index (χ1) is 5.82. The summed E-state index contributed by atoms with van der Waals surface area (Å²) in [7, 11) is -4.06. The molecule has 0 bridgehead atoms. The molecule has 5 heteroatoms. The van der Waals surface area contributed by atoms with Crippen LogP contribution in [0.5, 0.6) is 0 Å². The van der Waals surface area contributed by atoms with Crippen LogP contribution in [0, 0.1) is 13.8 Å². The monoisotopic (exact) mass is 208 g/mol. The first kappa shape index (κ1) is 11.2. The second-order valence-electron chi connectivity index (χ2n) is 3.18. The predicted octanol–water partition coefficient (Wildman–Crippen LogP) is 0.344. The molecule has 1 aromatic rings. The second kappa shape index (κ2) is 3.71. The molecule has 0 saturated heterocycles. The van der Waals surface area contributed by atoms with E-state index < -0.39 is 10.1 Å². The average Bonchev–Trinajstić information content (AvgIpc) is 1.94. The summed E-state index contributed by atoms with van der Waals surface area (Å²) in [5.74, 6) is 0. The third-order valence-corrected chi connectivity index (χ3v) is 3.60. The van der Waals surface area contributed by atoms with E-state index >= 15 is 0 Å². The molecule has 13 heavy (non-hydrogen) atoms. The van der Waals surface area contributed by atoms with E-state index in [1.807, 2.05) is 13.0 Å². The van der Waals surface area contributed by atoms with E-state index in [1.54, 1.807) is 6.92 Å². The third kappa shape index (κ3) is 2.54. The molecule has 0 radical (unpaired) electrons. The summed E-state index contributed by atoms with van der Waals surface area (Å²) in [5, 5.41) is 0. The first-order valence-electron chi connectivity index (χ1n) is 3.87. The molecule has 66 valence electrons. The molecule has 0 unspecified atom stereocenters. The fourth-order valence-corrected chi connectivity index (χ4v) is 3.08. The zero-order valence-electron chi connectivity index (χ0n) is 7.83. The van der Waals surface area contributed by atoms with Crippen molar-refractivity contribution >= 4 is 40.9 Å². The Kier molecular flexibility index (Phi) is 3.20. The molecule has 1 rings (SSSR count). The van der Waals surface area contributed by atoms with Crippen molar-refractivity contribution in [3.63, 3.8) is 0 Å². The minimum atomic E-state index is -4.06. The van der Waals surface area contributed by atoms with E-state index in [0.29, 0.717) is 5.56 Å². The van der Waals surface area contributed by atoms with E-state index in [9.17, 15) is 8.42 Å². The Hall–Kier alpha value is 0.130. The van der Waals surface area contributed by atoms with E-state index in [4.69, 9.17) is 4.55 Å². The standard InChI is InChI=1S/C8H9O3S.Na/c1-6-4-3-5-8(7(6)2)12(9,10)11;/h4-5H,1-2H3,(H,9,10,11);. The molecule has 1 aromatic carbocycles. The summed E-state index contributed by atoms with van der Waals surface area (Å²) in [6.07, 6.45) is 0. The van der Waals surface area contributed by atoms with Gasteiger partial charge in [0.2, 0.25) is 0 Å². The van der Waals surface area contributed by atoms with Crippen molar-refractivity contribution in [3.8, 4) is 0 Å². The van der Waals surface area contributed by atoms with Crippen LogP contribution in [0.1, 0.15) is 11.1 Å². The number of hydrogen-bond acceptors (Lipinski definition) is 2. The summed E-state index contributed by atoms with van der Waals surface area (Å²) in [5.41, 5.74) is 1.53. The van der Waals surface area contributed by atoms with Crippen LogP contribution in [0.4, 0.5) is 0 Å². The number of aryl methyl sites for hydroxylation is 1. The summed E-state index contributed by atoms with van der Waals surface area (Å²) in [4.78, 5) is 0.0394. The molecule has 0 fully saturated rings. The number of benzene rings is 1. The van der Waals surface area contributed by atoms with Crippen molar-refractivity contribution in [2.75, 3.05) is 0 Å². The van der Waals surface area contributed by atoms with Gasteiger partial charge in [0.05, 0.1) is 0 Å². The molecule has 0 amide bonds. The van der Waals surface area contributed by atoms with Gasteiger partial charge in [0, 0.05) is 0 Å². The molecule has 0 aliphatic carbocycles. The summed E-state index contributed by atoms with van der Waals surface area (Å²) in [6.45, 7) is 3.53. The summed E-state index contributed by atoms with van der Waals surface area (Å²) >= 11 is 0.777. The van der Waals surface area contributed by atoms with E-state index in [0.717, 1.165) is 36.3 Å². The van der Waals surface area contributed by atoms with Crippen LogP contribution >= 0.6 is 0 Å². The van der Waals surface area contributed by atoms with Crippen molar-refractivity contribution in [1.29, 1.82) is 0 Å². The van der Waals surface area contributed by atoms with Gasteiger partial charge in [0.25, 0.3) is 0 Å². The molecule has 3 nitrogen and oxygen atoms in total. The second-order valence-corrected chi connectivity index (χ2v) is 5.72. The summed E-state index contributed by atoms with van der Waals surface area (Å²) < 4.78 is 31.7. The molecule has 0 saturated carbocycles. The molecule has 0 aromatic heterocycles. The molecule has 0 aliphatic rings. The normalized spacial score (nSPS) is 11.8. The molecular weight excluding hydrogens is 199 g/mol. The van der Waals surface area contributed by atoms with Gasteiger partial charge in [0.15, 0.2) is 0 Å². The van der Waals surface area contributed by atoms with Crippen LogP contribution in [-0.2, 0) is 10.1 Å². The first-order valence-corrected chi connectivity index (χ1v) is 6.31. The van der Waals surface area contributed by atoms with Gasteiger partial charge < -0.3 is 0 Å². The van der Waals surface area contributed by atoms with Gasteiger partial charge in [-0.1, -0.05) is 0 Å². The minimum absolute atomic E-state index is 0.0394. The Labute approximate surface area is 95.3 Å². The Morgan fingerprint density at radius 3 is 2.31 bits per heavy atom. The zero-order chi connectivity index (χ0) is 10.2. The van der Waals surface area contributed by atoms with E-state index in [-0.39, 0.29) is 4.90 Å². The van der Waals surface area contributed by atoms with Crippen molar-refractivity contribution in [2.45, 2.75) is 18.7 Å². The predicted molar refractivity (Wildman–Crippen MR) is 51.1 cm³/mol. The quantitative estimate of drug-likeness (QED) is 0.535. The Morgan fingerprint density at radius 2 is 1.85 bits per heavy atom. The van der Waals surface area contributed by atoms with Crippen LogP contribution in [0.3, 0.4) is 0 Å². The van der Waals surface area contributed by atoms with Gasteiger partial charge >= 0.3 is 95.8 Å². The third-order valence-electron chi connectivity index (χ3n) is 2.04. The maximum absolute atomic E-state index is 10.9. The SMILES string of the molecule is Cc1c[c]([Na])cc(S(=O)(=O)O)c1C. The van der Waals surface area contributed by atoms with Gasteiger partial charge in [-0.2, -0.15) is 0 Å². The van der Waals surface area contributed by atoms with Crippen molar-refractivity contribution in [1.82, 2.24) is 0 Å².